The van der Waals surface area contributed by atoms with E-state index in [1.165, 1.54) is 12.1 Å². The molecule has 6 heteroatoms. The quantitative estimate of drug-likeness (QED) is 0.814. The van der Waals surface area contributed by atoms with E-state index in [4.69, 9.17) is 10.5 Å². The van der Waals surface area contributed by atoms with Gasteiger partial charge in [-0.3, -0.25) is 4.79 Å². The molecule has 1 fully saturated rings. The molecule has 4 nitrogen and oxygen atoms in total. The molecule has 3 N–H and O–H groups in total. The highest BCUT2D eigenvalue weighted by molar-refractivity contribution is 5.88. The van der Waals surface area contributed by atoms with E-state index in [0.29, 0.717) is 39.1 Å². The summed E-state index contributed by atoms with van der Waals surface area (Å²) < 4.78 is 18.8. The average Bonchev–Trinajstić information content (AvgIpc) is 2.48. The maximum absolute atomic E-state index is 13.5. The first-order valence-corrected chi connectivity index (χ1v) is 7.01. The maximum atomic E-state index is 13.5. The highest BCUT2D eigenvalue weighted by Crippen LogP contribution is 2.35. The van der Waals surface area contributed by atoms with Gasteiger partial charge in [0.1, 0.15) is 5.82 Å². The van der Waals surface area contributed by atoms with Gasteiger partial charge in [-0.25, -0.2) is 4.39 Å². The van der Waals surface area contributed by atoms with Crippen molar-refractivity contribution in [3.05, 3.63) is 35.6 Å². The van der Waals surface area contributed by atoms with Gasteiger partial charge in [0.2, 0.25) is 5.91 Å². The van der Waals surface area contributed by atoms with Crippen LogP contribution in [0.15, 0.2) is 24.3 Å². The van der Waals surface area contributed by atoms with Crippen molar-refractivity contribution in [3.63, 3.8) is 0 Å². The Labute approximate surface area is 130 Å². The van der Waals surface area contributed by atoms with Gasteiger partial charge in [0, 0.05) is 19.8 Å². The van der Waals surface area contributed by atoms with Gasteiger partial charge in [-0.05, 0) is 43.5 Å². The van der Waals surface area contributed by atoms with Crippen molar-refractivity contribution >= 4 is 18.3 Å². The minimum atomic E-state index is -0.686. The third kappa shape index (κ3) is 4.15. The van der Waals surface area contributed by atoms with Gasteiger partial charge in [-0.1, -0.05) is 12.1 Å². The van der Waals surface area contributed by atoms with E-state index in [1.54, 1.807) is 6.07 Å². The van der Waals surface area contributed by atoms with Crippen molar-refractivity contribution in [3.8, 4) is 0 Å². The largest absolute Gasteiger partial charge is 0.381 e. The first-order valence-electron chi connectivity index (χ1n) is 7.01. The Kier molecular flexibility index (Phi) is 7.08. The molecule has 0 radical (unpaired) electrons. The number of carbonyl (C=O) groups is 1. The van der Waals surface area contributed by atoms with Crippen LogP contribution in [0, 0.1) is 5.82 Å². The molecule has 0 saturated carbocycles. The number of halogens is 2. The predicted molar refractivity (Wildman–Crippen MR) is 82.1 cm³/mol. The highest BCUT2D eigenvalue weighted by Gasteiger charge is 2.41. The third-order valence-corrected chi connectivity index (χ3v) is 3.82. The van der Waals surface area contributed by atoms with Gasteiger partial charge in [-0.2, -0.15) is 0 Å². The topological polar surface area (TPSA) is 64.3 Å². The number of hydrogen-bond acceptors (Lipinski definition) is 3. The second kappa shape index (κ2) is 8.32. The second-order valence-corrected chi connectivity index (χ2v) is 5.10. The van der Waals surface area contributed by atoms with Crippen LogP contribution in [0.3, 0.4) is 0 Å². The summed E-state index contributed by atoms with van der Waals surface area (Å²) in [6, 6.07) is 6.31. The minimum Gasteiger partial charge on any atom is -0.381 e. The molecule has 0 spiro atoms. The highest BCUT2D eigenvalue weighted by atomic mass is 35.5. The van der Waals surface area contributed by atoms with Gasteiger partial charge in [0.25, 0.3) is 0 Å². The zero-order valence-corrected chi connectivity index (χ0v) is 12.8. The van der Waals surface area contributed by atoms with E-state index in [9.17, 15) is 9.18 Å². The number of ether oxygens (including phenoxy) is 1. The Morgan fingerprint density at radius 1 is 1.38 bits per heavy atom. The molecule has 1 heterocycles. The fourth-order valence-corrected chi connectivity index (χ4v) is 2.63. The molecule has 1 amide bonds. The first-order chi connectivity index (χ1) is 9.69. The molecule has 0 atom stereocenters. The number of rotatable bonds is 5. The van der Waals surface area contributed by atoms with E-state index in [-0.39, 0.29) is 24.1 Å². The summed E-state index contributed by atoms with van der Waals surface area (Å²) >= 11 is 0. The van der Waals surface area contributed by atoms with Crippen LogP contribution in [0.5, 0.6) is 0 Å². The lowest BCUT2D eigenvalue weighted by Crippen LogP contribution is -2.48. The molecular weight excluding hydrogens is 295 g/mol. The van der Waals surface area contributed by atoms with E-state index in [2.05, 4.69) is 5.32 Å². The summed E-state index contributed by atoms with van der Waals surface area (Å²) in [6.45, 7) is 2.12. The van der Waals surface area contributed by atoms with Crippen molar-refractivity contribution in [1.82, 2.24) is 5.32 Å². The minimum absolute atomic E-state index is 0. The summed E-state index contributed by atoms with van der Waals surface area (Å²) in [6.07, 6.45) is 1.89. The smallest absolute Gasteiger partial charge is 0.230 e. The summed E-state index contributed by atoms with van der Waals surface area (Å²) in [7, 11) is 0. The first kappa shape index (κ1) is 17.9. The molecule has 0 aromatic heterocycles. The second-order valence-electron chi connectivity index (χ2n) is 5.10. The monoisotopic (exact) mass is 316 g/mol. The Morgan fingerprint density at radius 3 is 2.71 bits per heavy atom. The molecule has 118 valence electrons. The van der Waals surface area contributed by atoms with Crippen LogP contribution in [-0.4, -0.2) is 32.2 Å². The van der Waals surface area contributed by atoms with Gasteiger partial charge in [0.15, 0.2) is 0 Å². The van der Waals surface area contributed by atoms with Crippen LogP contribution in [0.2, 0.25) is 0 Å². The maximum Gasteiger partial charge on any atom is 0.230 e. The summed E-state index contributed by atoms with van der Waals surface area (Å²) in [4.78, 5) is 12.6. The summed E-state index contributed by atoms with van der Waals surface area (Å²) in [5.74, 6) is -0.372. The standard InChI is InChI=1S/C15H21FN2O2.ClH/c16-13-4-1-3-12(11-13)15(5-9-20-10-6-15)14(19)18-8-2-7-17;/h1,3-4,11H,2,5-10,17H2,(H,18,19);1H. The molecule has 2 rings (SSSR count). The van der Waals surface area contributed by atoms with Crippen LogP contribution >= 0.6 is 12.4 Å². The molecule has 21 heavy (non-hydrogen) atoms. The molecule has 0 aliphatic carbocycles. The Morgan fingerprint density at radius 2 is 2.10 bits per heavy atom. The average molecular weight is 317 g/mol. The zero-order valence-electron chi connectivity index (χ0n) is 11.9. The van der Waals surface area contributed by atoms with Gasteiger partial charge < -0.3 is 15.8 Å². The van der Waals surface area contributed by atoms with Crippen molar-refractivity contribution in [2.75, 3.05) is 26.3 Å². The normalized spacial score (nSPS) is 16.9. The molecule has 1 aliphatic heterocycles. The third-order valence-electron chi connectivity index (χ3n) is 3.82. The summed E-state index contributed by atoms with van der Waals surface area (Å²) in [5.41, 5.74) is 5.48. The van der Waals surface area contributed by atoms with E-state index >= 15 is 0 Å². The molecule has 0 unspecified atom stereocenters. The van der Waals surface area contributed by atoms with Crippen LogP contribution in [0.4, 0.5) is 4.39 Å². The number of amides is 1. The fourth-order valence-electron chi connectivity index (χ4n) is 2.63. The van der Waals surface area contributed by atoms with Crippen molar-refractivity contribution in [2.24, 2.45) is 5.73 Å². The molecule has 1 aromatic rings. The fraction of sp³-hybridized carbons (Fsp3) is 0.533. The van der Waals surface area contributed by atoms with Gasteiger partial charge in [-0.15, -0.1) is 12.4 Å². The Hall–Kier alpha value is -1.17. The van der Waals surface area contributed by atoms with E-state index in [1.807, 2.05) is 6.07 Å². The number of nitrogens with two attached hydrogens (primary N) is 1. The lowest BCUT2D eigenvalue weighted by molar-refractivity contribution is -0.130. The Bertz CT molecular complexity index is 465. The van der Waals surface area contributed by atoms with Crippen molar-refractivity contribution in [2.45, 2.75) is 24.7 Å². The number of carbonyl (C=O) groups excluding carboxylic acids is 1. The van der Waals surface area contributed by atoms with Gasteiger partial charge >= 0.3 is 0 Å². The number of hydrogen-bond donors (Lipinski definition) is 2. The molecule has 0 bridgehead atoms. The summed E-state index contributed by atoms with van der Waals surface area (Å²) in [5, 5.41) is 2.92. The zero-order chi connectivity index (χ0) is 14.4. The van der Waals surface area contributed by atoms with Crippen LogP contribution in [0.1, 0.15) is 24.8 Å². The molecule has 1 aromatic carbocycles. The van der Waals surface area contributed by atoms with E-state index in [0.717, 1.165) is 12.0 Å². The van der Waals surface area contributed by atoms with E-state index < -0.39 is 5.41 Å². The molecule has 1 aliphatic rings. The van der Waals surface area contributed by atoms with Crippen LogP contribution in [-0.2, 0) is 14.9 Å². The lowest BCUT2D eigenvalue weighted by atomic mass is 9.73. The predicted octanol–water partition coefficient (Wildman–Crippen LogP) is 1.76. The van der Waals surface area contributed by atoms with Crippen molar-refractivity contribution in [1.29, 1.82) is 0 Å². The molecular formula is C15H22ClFN2O2. The number of benzene rings is 1. The Balaban J connectivity index is 0.00000220. The number of nitrogens with one attached hydrogen (secondary N) is 1. The lowest BCUT2D eigenvalue weighted by Gasteiger charge is -2.36. The van der Waals surface area contributed by atoms with Gasteiger partial charge in [0.05, 0.1) is 5.41 Å². The SMILES string of the molecule is Cl.NCCCNC(=O)C1(c2cccc(F)c2)CCOCC1. The van der Waals surface area contributed by atoms with Crippen molar-refractivity contribution < 1.29 is 13.9 Å². The van der Waals surface area contributed by atoms with Crippen LogP contribution in [0.25, 0.3) is 0 Å². The molecule has 1 saturated heterocycles. The van der Waals surface area contributed by atoms with Crippen LogP contribution < -0.4 is 11.1 Å².